The van der Waals surface area contributed by atoms with Gasteiger partial charge in [-0.2, -0.15) is 0 Å². The molecule has 0 spiro atoms. The monoisotopic (exact) mass is 249 g/mol. The number of aryl methyl sites for hydroxylation is 2. The van der Waals surface area contributed by atoms with Crippen molar-refractivity contribution in [2.24, 2.45) is 5.73 Å². The number of benzene rings is 1. The molecule has 0 saturated heterocycles. The fourth-order valence-corrected chi connectivity index (χ4v) is 3.05. The smallest absolute Gasteiger partial charge is 0.122 e. The van der Waals surface area contributed by atoms with Gasteiger partial charge in [0.1, 0.15) is 5.75 Å². The SMILES string of the molecule is COc1cc(C)c(C2(O)CCCC(N)C2)cc1C. The minimum absolute atomic E-state index is 0.102. The lowest BCUT2D eigenvalue weighted by atomic mass is 9.76. The quantitative estimate of drug-likeness (QED) is 0.846. The van der Waals surface area contributed by atoms with Gasteiger partial charge in [-0.15, -0.1) is 0 Å². The van der Waals surface area contributed by atoms with E-state index in [1.807, 2.05) is 26.0 Å². The van der Waals surface area contributed by atoms with Crippen LogP contribution in [-0.2, 0) is 5.60 Å². The molecule has 0 aliphatic heterocycles. The van der Waals surface area contributed by atoms with Crippen molar-refractivity contribution >= 4 is 0 Å². The molecule has 18 heavy (non-hydrogen) atoms. The van der Waals surface area contributed by atoms with Crippen molar-refractivity contribution in [3.8, 4) is 5.75 Å². The maximum Gasteiger partial charge on any atom is 0.122 e. The molecule has 3 N–H and O–H groups in total. The third kappa shape index (κ3) is 2.38. The van der Waals surface area contributed by atoms with Crippen LogP contribution in [0, 0.1) is 13.8 Å². The first kappa shape index (κ1) is 13.4. The van der Waals surface area contributed by atoms with Crippen molar-refractivity contribution in [1.29, 1.82) is 0 Å². The highest BCUT2D eigenvalue weighted by Crippen LogP contribution is 2.39. The molecule has 0 bridgehead atoms. The second kappa shape index (κ2) is 4.90. The van der Waals surface area contributed by atoms with Gasteiger partial charge in [0.05, 0.1) is 12.7 Å². The molecule has 1 aliphatic rings. The summed E-state index contributed by atoms with van der Waals surface area (Å²) < 4.78 is 5.32. The van der Waals surface area contributed by atoms with Crippen LogP contribution >= 0.6 is 0 Å². The molecule has 2 rings (SSSR count). The van der Waals surface area contributed by atoms with Crippen LogP contribution in [0.2, 0.25) is 0 Å². The molecule has 1 aromatic rings. The number of hydrogen-bond acceptors (Lipinski definition) is 3. The molecular formula is C15H23NO2. The van der Waals surface area contributed by atoms with Crippen molar-refractivity contribution < 1.29 is 9.84 Å². The van der Waals surface area contributed by atoms with Crippen LogP contribution in [0.1, 0.15) is 42.4 Å². The lowest BCUT2D eigenvalue weighted by Gasteiger charge is -2.37. The van der Waals surface area contributed by atoms with Crippen molar-refractivity contribution in [2.75, 3.05) is 7.11 Å². The van der Waals surface area contributed by atoms with Crippen molar-refractivity contribution in [3.63, 3.8) is 0 Å². The van der Waals surface area contributed by atoms with Crippen LogP contribution in [0.15, 0.2) is 12.1 Å². The molecule has 0 aromatic heterocycles. The number of hydrogen-bond donors (Lipinski definition) is 2. The van der Waals surface area contributed by atoms with E-state index >= 15 is 0 Å². The Morgan fingerprint density at radius 1 is 1.33 bits per heavy atom. The van der Waals surface area contributed by atoms with Gasteiger partial charge in [-0.3, -0.25) is 0 Å². The van der Waals surface area contributed by atoms with Gasteiger partial charge in [-0.1, -0.05) is 0 Å². The van der Waals surface area contributed by atoms with Crippen LogP contribution in [0.25, 0.3) is 0 Å². The Labute approximate surface area is 109 Å². The van der Waals surface area contributed by atoms with Gasteiger partial charge in [-0.25, -0.2) is 0 Å². The van der Waals surface area contributed by atoms with Crippen LogP contribution in [0.4, 0.5) is 0 Å². The van der Waals surface area contributed by atoms with Gasteiger partial charge >= 0.3 is 0 Å². The number of rotatable bonds is 2. The minimum Gasteiger partial charge on any atom is -0.496 e. The molecule has 0 heterocycles. The molecule has 2 atom stereocenters. The van der Waals surface area contributed by atoms with Crippen LogP contribution in [0.3, 0.4) is 0 Å². The second-order valence-corrected chi connectivity index (χ2v) is 5.52. The topological polar surface area (TPSA) is 55.5 Å². The number of nitrogens with two attached hydrogens (primary N) is 1. The van der Waals surface area contributed by atoms with Crippen LogP contribution in [-0.4, -0.2) is 18.3 Å². The molecule has 2 unspecified atom stereocenters. The molecule has 1 aromatic carbocycles. The van der Waals surface area contributed by atoms with E-state index in [9.17, 15) is 5.11 Å². The van der Waals surface area contributed by atoms with E-state index in [1.54, 1.807) is 7.11 Å². The normalized spacial score (nSPS) is 28.2. The summed E-state index contributed by atoms with van der Waals surface area (Å²) in [5, 5.41) is 10.9. The minimum atomic E-state index is -0.765. The van der Waals surface area contributed by atoms with E-state index in [4.69, 9.17) is 10.5 Å². The summed E-state index contributed by atoms with van der Waals surface area (Å²) >= 11 is 0. The van der Waals surface area contributed by atoms with E-state index in [0.717, 1.165) is 41.7 Å². The summed E-state index contributed by atoms with van der Waals surface area (Å²) in [6, 6.07) is 4.15. The third-order valence-electron chi connectivity index (χ3n) is 4.01. The third-order valence-corrected chi connectivity index (χ3v) is 4.01. The highest BCUT2D eigenvalue weighted by Gasteiger charge is 2.35. The van der Waals surface area contributed by atoms with Crippen LogP contribution < -0.4 is 10.5 Å². The summed E-state index contributed by atoms with van der Waals surface area (Å²) in [7, 11) is 1.67. The van der Waals surface area contributed by atoms with E-state index in [0.29, 0.717) is 6.42 Å². The zero-order valence-electron chi connectivity index (χ0n) is 11.5. The predicted octanol–water partition coefficient (Wildman–Crippen LogP) is 2.40. The fraction of sp³-hybridized carbons (Fsp3) is 0.600. The van der Waals surface area contributed by atoms with E-state index in [2.05, 4.69) is 0 Å². The highest BCUT2D eigenvalue weighted by atomic mass is 16.5. The number of aliphatic hydroxyl groups is 1. The van der Waals surface area contributed by atoms with E-state index < -0.39 is 5.60 Å². The Hall–Kier alpha value is -1.06. The summed E-state index contributed by atoms with van der Waals surface area (Å²) in [6.45, 7) is 4.03. The highest BCUT2D eigenvalue weighted by molar-refractivity contribution is 5.44. The van der Waals surface area contributed by atoms with Gasteiger partial charge in [0.2, 0.25) is 0 Å². The molecule has 1 saturated carbocycles. The molecule has 0 amide bonds. The summed E-state index contributed by atoms with van der Waals surface area (Å²) in [5.74, 6) is 0.875. The Kier molecular flexibility index (Phi) is 3.64. The molecule has 0 radical (unpaired) electrons. The lowest BCUT2D eigenvalue weighted by molar-refractivity contribution is -0.00777. The lowest BCUT2D eigenvalue weighted by Crippen LogP contribution is -2.39. The van der Waals surface area contributed by atoms with Crippen LogP contribution in [0.5, 0.6) is 5.75 Å². The zero-order valence-corrected chi connectivity index (χ0v) is 11.5. The molecule has 1 aliphatic carbocycles. The maximum atomic E-state index is 10.9. The Morgan fingerprint density at radius 3 is 2.67 bits per heavy atom. The first-order valence-corrected chi connectivity index (χ1v) is 6.60. The zero-order chi connectivity index (χ0) is 13.3. The average molecular weight is 249 g/mol. The largest absolute Gasteiger partial charge is 0.496 e. The molecule has 3 nitrogen and oxygen atoms in total. The van der Waals surface area contributed by atoms with Gasteiger partial charge in [0, 0.05) is 6.04 Å². The summed E-state index contributed by atoms with van der Waals surface area (Å²) in [5.41, 5.74) is 8.39. The van der Waals surface area contributed by atoms with Gasteiger partial charge in [0.15, 0.2) is 0 Å². The Bertz CT molecular complexity index is 444. The first-order chi connectivity index (χ1) is 8.46. The van der Waals surface area contributed by atoms with Crippen molar-refractivity contribution in [3.05, 3.63) is 28.8 Å². The Balaban J connectivity index is 2.41. The Morgan fingerprint density at radius 2 is 2.06 bits per heavy atom. The standard InChI is InChI=1S/C15H23NO2/c1-10-8-14(18-3)11(2)7-13(10)15(17)6-4-5-12(16)9-15/h7-8,12,17H,4-6,9,16H2,1-3H3. The average Bonchev–Trinajstić information content (AvgIpc) is 2.31. The number of ether oxygens (including phenoxy) is 1. The van der Waals surface area contributed by atoms with Crippen molar-refractivity contribution in [2.45, 2.75) is 51.2 Å². The first-order valence-electron chi connectivity index (χ1n) is 6.60. The predicted molar refractivity (Wildman–Crippen MR) is 72.8 cm³/mol. The van der Waals surface area contributed by atoms with Gasteiger partial charge in [0.25, 0.3) is 0 Å². The summed E-state index contributed by atoms with van der Waals surface area (Å²) in [4.78, 5) is 0. The molecule has 3 heteroatoms. The van der Waals surface area contributed by atoms with E-state index in [-0.39, 0.29) is 6.04 Å². The second-order valence-electron chi connectivity index (χ2n) is 5.52. The maximum absolute atomic E-state index is 10.9. The molecule has 1 fully saturated rings. The molecular weight excluding hydrogens is 226 g/mol. The van der Waals surface area contributed by atoms with E-state index in [1.165, 1.54) is 0 Å². The van der Waals surface area contributed by atoms with Gasteiger partial charge in [-0.05, 0) is 68.4 Å². The number of methoxy groups -OCH3 is 1. The molecule has 100 valence electrons. The van der Waals surface area contributed by atoms with Gasteiger partial charge < -0.3 is 15.6 Å². The van der Waals surface area contributed by atoms with Crippen molar-refractivity contribution in [1.82, 2.24) is 0 Å². The fourth-order valence-electron chi connectivity index (χ4n) is 3.05. The summed E-state index contributed by atoms with van der Waals surface area (Å²) in [6.07, 6.45) is 3.45.